The Balaban J connectivity index is 0.000000134. The van der Waals surface area contributed by atoms with Gasteiger partial charge in [-0.05, 0) is 226 Å². The number of Topliss-reactive ketones (excluding diaryl/α,β-unsaturated/α-hetero) is 2. The van der Waals surface area contributed by atoms with E-state index in [0.717, 1.165) is 145 Å². The number of esters is 2. The van der Waals surface area contributed by atoms with E-state index < -0.39 is 5.97 Å². The molecule has 24 rings (SSSR count). The second-order valence-electron chi connectivity index (χ2n) is 35.0. The van der Waals surface area contributed by atoms with Crippen LogP contribution in [0.15, 0.2) is 267 Å². The second kappa shape index (κ2) is 46.0. The number of unbranched alkanes of at least 4 members (excludes halogenated alkanes) is 4. The molecule has 2 unspecified atom stereocenters. The molecule has 0 aliphatic heterocycles. The monoisotopic (exact) mass is 2030 g/mol. The van der Waals surface area contributed by atoms with E-state index in [-0.39, 0.29) is 91.2 Å². The van der Waals surface area contributed by atoms with Crippen molar-refractivity contribution in [1.29, 1.82) is 0 Å². The van der Waals surface area contributed by atoms with Gasteiger partial charge in [-0.25, -0.2) is 0 Å². The van der Waals surface area contributed by atoms with Gasteiger partial charge in [0.05, 0.1) is 20.0 Å². The Morgan fingerprint density at radius 3 is 1.17 bits per heavy atom. The van der Waals surface area contributed by atoms with Crippen LogP contribution in [-0.4, -0.2) is 71.4 Å². The summed E-state index contributed by atoms with van der Waals surface area (Å²) < 4.78 is 25.9. The molecule has 8 heterocycles. The summed E-state index contributed by atoms with van der Waals surface area (Å²) in [6.45, 7) is 7.40. The maximum Gasteiger partial charge on any atom is 1.00 e. The summed E-state index contributed by atoms with van der Waals surface area (Å²) in [4.78, 5) is 115. The van der Waals surface area contributed by atoms with Gasteiger partial charge in [0.2, 0.25) is 0 Å². The number of aryl methyl sites for hydroxylation is 1. The molecule has 16 nitrogen and oxygen atoms in total. The summed E-state index contributed by atoms with van der Waals surface area (Å²) in [5.74, 6) is -0.148. The van der Waals surface area contributed by atoms with Gasteiger partial charge in [0.25, 0.3) is 6.47 Å². The van der Waals surface area contributed by atoms with Crippen molar-refractivity contribution in [2.45, 2.75) is 136 Å². The van der Waals surface area contributed by atoms with Gasteiger partial charge in [-0.2, -0.15) is 19.2 Å². The Bertz CT molecular complexity index is 8090. The molecule has 0 amide bonds. The van der Waals surface area contributed by atoms with Crippen molar-refractivity contribution in [2.75, 3.05) is 7.11 Å². The van der Waals surface area contributed by atoms with Crippen LogP contribution in [0.5, 0.6) is 0 Å². The summed E-state index contributed by atoms with van der Waals surface area (Å²) in [6, 6.07) is 93.6. The van der Waals surface area contributed by atoms with Crippen molar-refractivity contribution >= 4 is 220 Å². The zero-order valence-electron chi connectivity index (χ0n) is 78.9. The number of rotatable bonds is 21. The van der Waals surface area contributed by atoms with Crippen LogP contribution in [0.1, 0.15) is 161 Å². The third kappa shape index (κ3) is 21.2. The van der Waals surface area contributed by atoms with Crippen LogP contribution < -0.4 is 18.9 Å². The number of carbonyl (C=O) groups is 6. The third-order valence-corrected chi connectivity index (χ3v) is 35.7. The number of carbonyl (C=O) groups excluding carboxylic acids is 9. The summed E-state index contributed by atoms with van der Waals surface area (Å²) in [7, 11) is 1.43. The van der Waals surface area contributed by atoms with Crippen molar-refractivity contribution in [3.8, 4) is 83.5 Å². The molecule has 4 N–H and O–H groups in total. The number of thiophene rings is 8. The van der Waals surface area contributed by atoms with Crippen LogP contribution in [0.3, 0.4) is 0 Å². The van der Waals surface area contributed by atoms with E-state index >= 15 is 0 Å². The minimum Gasteiger partial charge on any atom is -0.870 e. The van der Waals surface area contributed by atoms with Crippen molar-refractivity contribution in [3.05, 3.63) is 334 Å². The molecule has 0 spiro atoms. The van der Waals surface area contributed by atoms with Gasteiger partial charge >= 0.3 is 49.1 Å². The number of fused-ring (bicyclic) bond motifs is 24. The maximum atomic E-state index is 13.0. The van der Waals surface area contributed by atoms with Crippen molar-refractivity contribution < 1.29 is 97.1 Å². The Morgan fingerprint density at radius 1 is 0.392 bits per heavy atom. The minimum atomic E-state index is -0.828. The summed E-state index contributed by atoms with van der Waals surface area (Å²) in [6.07, 6.45) is 13.1. The van der Waals surface area contributed by atoms with Crippen LogP contribution in [0.25, 0.3) is 164 Å². The summed E-state index contributed by atoms with van der Waals surface area (Å²) in [5.41, 5.74) is 23.3. The Labute approximate surface area is 869 Å². The van der Waals surface area contributed by atoms with E-state index in [1.54, 1.807) is 62.2 Å². The molecule has 4 aliphatic carbocycles. The number of ether oxygens (including phenoxy) is 3. The zero-order valence-corrected chi connectivity index (χ0v) is 85.4. The number of benzene rings is 12. The molecule has 143 heavy (non-hydrogen) atoms. The van der Waals surface area contributed by atoms with Gasteiger partial charge in [0.15, 0.2) is 11.6 Å². The van der Waals surface area contributed by atoms with E-state index in [1.807, 2.05) is 137 Å². The first-order valence-corrected chi connectivity index (χ1v) is 53.2. The molecule has 0 bridgehead atoms. The van der Waals surface area contributed by atoms with Gasteiger partial charge in [0.1, 0.15) is 12.7 Å². The molecule has 8 aromatic heterocycles. The van der Waals surface area contributed by atoms with Crippen LogP contribution >= 0.6 is 90.7 Å². The van der Waals surface area contributed by atoms with Gasteiger partial charge in [-0.3, -0.25) is 28.8 Å². The fraction of sp³-hybridized carbons (Fsp3) is 0.186. The topological polar surface area (TPSA) is 280 Å². The van der Waals surface area contributed by atoms with E-state index in [9.17, 15) is 33.9 Å². The first kappa shape index (κ1) is 103. The molecule has 4 aliphatic rings. The average Bonchev–Trinajstić information content (AvgIpc) is 1.57. The zero-order chi connectivity index (χ0) is 96.8. The molecule has 2 atom stereocenters. The normalized spacial score (nSPS) is 13.0. The number of carboxylic acids is 1. The molecule has 0 saturated heterocycles. The number of hydrogen-bond donors (Lipinski definition) is 1. The molecule has 12 aromatic carbocycles. The quantitative estimate of drug-likeness (QED) is 0.0230. The van der Waals surface area contributed by atoms with Crippen LogP contribution in [0.4, 0.5) is 0 Å². The third-order valence-electron chi connectivity index (χ3n) is 26.4. The molecule has 0 fully saturated rings. The first-order chi connectivity index (χ1) is 68.4. The fourth-order valence-electron chi connectivity index (χ4n) is 20.0. The molecular formula is C118H95LiO16S8. The minimum absolute atomic E-state index is 0. The average molecular weight is 2030 g/mol. The number of hydrogen-bond acceptors (Lipinski definition) is 22. The van der Waals surface area contributed by atoms with Crippen molar-refractivity contribution in [2.24, 2.45) is 0 Å². The largest absolute Gasteiger partial charge is 1.00 e. The molecule has 0 radical (unpaired) electrons. The molecule has 25 heteroatoms. The van der Waals surface area contributed by atoms with E-state index in [1.165, 1.54) is 152 Å². The Kier molecular flexibility index (Phi) is 33.1. The fourth-order valence-corrected chi connectivity index (χ4v) is 29.9. The van der Waals surface area contributed by atoms with Gasteiger partial charge in [0, 0.05) is 135 Å². The molecular weight excluding hydrogens is 1940 g/mol. The second-order valence-corrected chi connectivity index (χ2v) is 43.6. The number of methoxy groups -OCH3 is 1. The van der Waals surface area contributed by atoms with E-state index in [0.29, 0.717) is 31.7 Å². The van der Waals surface area contributed by atoms with E-state index in [2.05, 4.69) is 185 Å². The first-order valence-electron chi connectivity index (χ1n) is 46.7. The predicted octanol–water partition coefficient (Wildman–Crippen LogP) is 27.6. The number of ketones is 2. The van der Waals surface area contributed by atoms with Gasteiger partial charge in [-0.1, -0.05) is 247 Å². The van der Waals surface area contributed by atoms with Crippen molar-refractivity contribution in [3.63, 3.8) is 0 Å². The molecule has 20 aromatic rings. The number of aliphatic carboxylic acids is 1. The van der Waals surface area contributed by atoms with Gasteiger partial charge < -0.3 is 30.3 Å². The smallest absolute Gasteiger partial charge is 0.870 e. The van der Waals surface area contributed by atoms with Crippen LogP contribution in [0.2, 0.25) is 0 Å². The number of carboxylic acid groups (broad SMARTS) is 1. The Morgan fingerprint density at radius 2 is 0.741 bits per heavy atom. The van der Waals surface area contributed by atoms with Gasteiger partial charge in [-0.15, -0.1) is 90.7 Å². The maximum absolute atomic E-state index is 13.0. The summed E-state index contributed by atoms with van der Waals surface area (Å²) >= 11 is 14.2. The Hall–Kier alpha value is -13.2. The van der Waals surface area contributed by atoms with Crippen LogP contribution in [-0.2, 0) is 104 Å². The standard InChI is InChI=1S/C37H38O2S2.C27H22O2S2.C26H18O4S2.C26H14O2S2.2CO2.Li.2H2O/c1-3-5-7-15-25-19-23-13-9-11-16-26(23)36-34(25)28-21-32-29(22-31(28)40-36)35-30(39-33(38)18-8-6-4-2)20-24-14-10-12-17-27(24)37(35)41-32;1-3-17-8-4-6-10-21(17)25-14-19-12-24-20(13-23(19)30-25)15-26(31-24)22-11-7-5-9-18(22)16-27(28)29-2;27-15-30-14-17-6-2-4-8-21(17)25-12-19-10-22-18(9-23(19)32-25)11-24(31-22)20-7-3-1-5-16(20)13-26(28)29;27-19-9-13-5-1-3-7-15(13)25-23(19)17-11-22-18(12-21(17)29-25)24-20(28)10-14-6-2-4-8-16(14)26(24)30-22;2*2-1-3;;;/h9-14,16-17,21-22,25,30H,3-8,15,18-20H2,1-2H3;4-15H,3,16H2,1-2H3;1-12,15H,13-14H2,(H,28,29);1-8,11-12H,9-10H2;;;;2*1H2/q;;;;;;+1;;/p-1. The summed E-state index contributed by atoms with van der Waals surface area (Å²) in [5, 5.41) is 18.9. The van der Waals surface area contributed by atoms with Crippen LogP contribution in [0, 0.1) is 0 Å². The predicted molar refractivity (Wildman–Crippen MR) is 579 cm³/mol. The van der Waals surface area contributed by atoms with Crippen molar-refractivity contribution in [1.82, 2.24) is 0 Å². The SMILES string of the molecule is CCCCCC(=O)OC1Cc2ccccc2-c2sc3cc4c5c(sc4cc3c21)-c1ccccc1CC5CCCCC.CCc1ccccc1-c1cc2cc3sc(-c4ccccc4CC(=O)OC)cc3cc2s1.O.O=C1Cc2ccccc2-c2sc3cc4c5c(sc4cc3c21)-c1ccccc1CC5=O.O=C=O.O=C=O.O=COCc1ccccc1-c1cc2cc3sc(-c4ccccc4CC(=O)O)cc3cc2s1.[Li+].[OH-]. The molecule has 0 saturated carbocycles. The van der Waals surface area contributed by atoms with E-state index in [4.69, 9.17) is 33.4 Å². The molecule has 712 valence electrons.